The van der Waals surface area contributed by atoms with Crippen molar-refractivity contribution in [3.63, 3.8) is 0 Å². The lowest BCUT2D eigenvalue weighted by molar-refractivity contribution is -0.155. The van der Waals surface area contributed by atoms with Crippen molar-refractivity contribution in [3.8, 4) is 0 Å². The fourth-order valence-electron chi connectivity index (χ4n) is 4.64. The predicted octanol–water partition coefficient (Wildman–Crippen LogP) is 6.77. The standard InChI is InChI=1S/C28H27BrFNO2/c1-2-33-27(32)28(18-20-13-14-25(30)24(29)17-20)16-15-23(19-28)31-26(21-9-5-3-6-10-21)22-11-7-4-8-12-22/h3-14,17,23H,2,15-16,18-19H2,1H3/t23-,28+/m0/s1. The van der Waals surface area contributed by atoms with Crippen LogP contribution in [0.1, 0.15) is 42.9 Å². The SMILES string of the molecule is CCOC(=O)[C@@]1(Cc2ccc(F)c(Br)c2)CC[C@H](N=C(c2ccccc2)c2ccccc2)C1. The van der Waals surface area contributed by atoms with Crippen molar-refractivity contribution in [1.82, 2.24) is 0 Å². The average Bonchev–Trinajstić information content (AvgIpc) is 3.25. The molecule has 1 saturated carbocycles. The third-order valence-corrected chi connectivity index (χ3v) is 6.83. The van der Waals surface area contributed by atoms with Crippen LogP contribution in [-0.2, 0) is 16.0 Å². The summed E-state index contributed by atoms with van der Waals surface area (Å²) >= 11 is 3.26. The van der Waals surface area contributed by atoms with Gasteiger partial charge in [-0.2, -0.15) is 0 Å². The molecule has 1 fully saturated rings. The average molecular weight is 508 g/mol. The van der Waals surface area contributed by atoms with Gasteiger partial charge in [0.25, 0.3) is 0 Å². The topological polar surface area (TPSA) is 38.7 Å². The third kappa shape index (κ3) is 5.41. The highest BCUT2D eigenvalue weighted by molar-refractivity contribution is 9.10. The quantitative estimate of drug-likeness (QED) is 0.261. The first-order chi connectivity index (χ1) is 16.0. The molecule has 170 valence electrons. The molecule has 0 unspecified atom stereocenters. The number of halogens is 2. The Balaban J connectivity index is 1.66. The van der Waals surface area contributed by atoms with E-state index in [0.717, 1.165) is 28.8 Å². The van der Waals surface area contributed by atoms with Gasteiger partial charge in [0, 0.05) is 11.1 Å². The van der Waals surface area contributed by atoms with Crippen molar-refractivity contribution in [2.24, 2.45) is 10.4 Å². The van der Waals surface area contributed by atoms with Gasteiger partial charge in [-0.3, -0.25) is 9.79 Å². The van der Waals surface area contributed by atoms with Crippen LogP contribution in [-0.4, -0.2) is 24.3 Å². The van der Waals surface area contributed by atoms with Gasteiger partial charge < -0.3 is 4.74 Å². The molecule has 1 aliphatic carbocycles. The molecular weight excluding hydrogens is 481 g/mol. The van der Waals surface area contributed by atoms with Gasteiger partial charge in [-0.15, -0.1) is 0 Å². The summed E-state index contributed by atoms with van der Waals surface area (Å²) in [5.41, 5.74) is 3.29. The number of nitrogens with zero attached hydrogens (tertiary/aromatic N) is 1. The zero-order valence-electron chi connectivity index (χ0n) is 18.6. The second kappa shape index (κ2) is 10.4. The van der Waals surface area contributed by atoms with Crippen LogP contribution in [0.5, 0.6) is 0 Å². The number of carbonyl (C=O) groups excluding carboxylic acids is 1. The highest BCUT2D eigenvalue weighted by atomic mass is 79.9. The Labute approximate surface area is 202 Å². The zero-order chi connectivity index (χ0) is 23.3. The maximum atomic E-state index is 13.8. The lowest BCUT2D eigenvalue weighted by atomic mass is 9.79. The van der Waals surface area contributed by atoms with E-state index in [1.165, 1.54) is 6.07 Å². The molecule has 0 amide bonds. The Hall–Kier alpha value is -2.79. The van der Waals surface area contributed by atoms with Crippen LogP contribution < -0.4 is 0 Å². The molecule has 0 N–H and O–H groups in total. The molecule has 0 saturated heterocycles. The van der Waals surface area contributed by atoms with Crippen molar-refractivity contribution in [1.29, 1.82) is 0 Å². The van der Waals surface area contributed by atoms with Crippen molar-refractivity contribution in [2.45, 2.75) is 38.6 Å². The van der Waals surface area contributed by atoms with Gasteiger partial charge in [0.05, 0.1) is 28.2 Å². The monoisotopic (exact) mass is 507 g/mol. The van der Waals surface area contributed by atoms with Crippen LogP contribution in [0.15, 0.2) is 88.3 Å². The van der Waals surface area contributed by atoms with Crippen molar-refractivity contribution in [3.05, 3.63) is 106 Å². The van der Waals surface area contributed by atoms with E-state index in [1.807, 2.05) is 43.3 Å². The zero-order valence-corrected chi connectivity index (χ0v) is 20.2. The fraction of sp³-hybridized carbons (Fsp3) is 0.286. The van der Waals surface area contributed by atoms with Crippen LogP contribution in [0.4, 0.5) is 4.39 Å². The summed E-state index contributed by atoms with van der Waals surface area (Å²) in [6.45, 7) is 2.16. The largest absolute Gasteiger partial charge is 0.466 e. The summed E-state index contributed by atoms with van der Waals surface area (Å²) < 4.78 is 19.7. The first-order valence-corrected chi connectivity index (χ1v) is 12.1. The summed E-state index contributed by atoms with van der Waals surface area (Å²) in [6.07, 6.45) is 2.59. The molecule has 0 heterocycles. The molecule has 0 radical (unpaired) electrons. The van der Waals surface area contributed by atoms with E-state index in [1.54, 1.807) is 12.1 Å². The van der Waals surface area contributed by atoms with Crippen LogP contribution in [0, 0.1) is 11.2 Å². The Morgan fingerprint density at radius 3 is 2.27 bits per heavy atom. The maximum absolute atomic E-state index is 13.8. The number of benzene rings is 3. The molecule has 4 rings (SSSR count). The Morgan fingerprint density at radius 1 is 1.06 bits per heavy atom. The van der Waals surface area contributed by atoms with Gasteiger partial charge in [-0.25, -0.2) is 4.39 Å². The summed E-state index contributed by atoms with van der Waals surface area (Å²) in [7, 11) is 0. The van der Waals surface area contributed by atoms with Gasteiger partial charge in [-0.1, -0.05) is 66.7 Å². The molecule has 1 aliphatic rings. The lowest BCUT2D eigenvalue weighted by Gasteiger charge is -2.27. The number of ether oxygens (including phenoxy) is 1. The van der Waals surface area contributed by atoms with Crippen molar-refractivity contribution >= 4 is 27.6 Å². The number of rotatable bonds is 7. The number of hydrogen-bond donors (Lipinski definition) is 0. The minimum Gasteiger partial charge on any atom is -0.466 e. The molecular formula is C28H27BrFNO2. The number of carbonyl (C=O) groups is 1. The van der Waals surface area contributed by atoms with Crippen molar-refractivity contribution in [2.75, 3.05) is 6.61 Å². The molecule has 3 aromatic carbocycles. The van der Waals surface area contributed by atoms with Crippen LogP contribution >= 0.6 is 15.9 Å². The molecule has 0 bridgehead atoms. The Kier molecular flexibility index (Phi) is 7.39. The minimum atomic E-state index is -0.667. The van der Waals surface area contributed by atoms with E-state index in [2.05, 4.69) is 40.2 Å². The van der Waals surface area contributed by atoms with Crippen LogP contribution in [0.2, 0.25) is 0 Å². The molecule has 3 aromatic rings. The summed E-state index contributed by atoms with van der Waals surface area (Å²) in [5, 5.41) is 0. The van der Waals surface area contributed by atoms with Crippen LogP contribution in [0.3, 0.4) is 0 Å². The minimum absolute atomic E-state index is 0.00583. The lowest BCUT2D eigenvalue weighted by Crippen LogP contribution is -2.33. The van der Waals surface area contributed by atoms with E-state index >= 15 is 0 Å². The Morgan fingerprint density at radius 2 is 1.70 bits per heavy atom. The molecule has 33 heavy (non-hydrogen) atoms. The third-order valence-electron chi connectivity index (χ3n) is 6.22. The van der Waals surface area contributed by atoms with E-state index in [-0.39, 0.29) is 17.8 Å². The molecule has 0 spiro atoms. The smallest absolute Gasteiger partial charge is 0.312 e. The Bertz CT molecular complexity index is 1090. The first kappa shape index (κ1) is 23.4. The maximum Gasteiger partial charge on any atom is 0.312 e. The van der Waals surface area contributed by atoms with E-state index in [9.17, 15) is 9.18 Å². The van der Waals surface area contributed by atoms with Crippen molar-refractivity contribution < 1.29 is 13.9 Å². The summed E-state index contributed by atoms with van der Waals surface area (Å²) in [5.74, 6) is -0.502. The van der Waals surface area contributed by atoms with E-state index in [4.69, 9.17) is 9.73 Å². The fourth-order valence-corrected chi connectivity index (χ4v) is 5.07. The molecule has 0 aliphatic heterocycles. The number of aliphatic imine (C=N–C) groups is 1. The molecule has 5 heteroatoms. The number of hydrogen-bond acceptors (Lipinski definition) is 3. The van der Waals surface area contributed by atoms with E-state index in [0.29, 0.717) is 30.3 Å². The predicted molar refractivity (Wildman–Crippen MR) is 133 cm³/mol. The number of esters is 1. The molecule has 3 nitrogen and oxygen atoms in total. The highest BCUT2D eigenvalue weighted by Crippen LogP contribution is 2.44. The normalized spacial score (nSPS) is 19.8. The highest BCUT2D eigenvalue weighted by Gasteiger charge is 2.46. The van der Waals surface area contributed by atoms with Gasteiger partial charge in [0.1, 0.15) is 5.82 Å². The first-order valence-electron chi connectivity index (χ1n) is 11.3. The molecule has 2 atom stereocenters. The van der Waals surface area contributed by atoms with Gasteiger partial charge >= 0.3 is 5.97 Å². The van der Waals surface area contributed by atoms with Gasteiger partial charge in [0.15, 0.2) is 0 Å². The second-order valence-corrected chi connectivity index (χ2v) is 9.39. The van der Waals surface area contributed by atoms with Gasteiger partial charge in [-0.05, 0) is 66.2 Å². The second-order valence-electron chi connectivity index (χ2n) is 8.53. The molecule has 0 aromatic heterocycles. The van der Waals surface area contributed by atoms with Gasteiger partial charge in [0.2, 0.25) is 0 Å². The summed E-state index contributed by atoms with van der Waals surface area (Å²) in [6, 6.07) is 25.2. The van der Waals surface area contributed by atoms with E-state index < -0.39 is 5.41 Å². The van der Waals surface area contributed by atoms with Crippen LogP contribution in [0.25, 0.3) is 0 Å². The summed E-state index contributed by atoms with van der Waals surface area (Å²) in [4.78, 5) is 18.3.